The van der Waals surface area contributed by atoms with Gasteiger partial charge in [-0.25, -0.2) is 0 Å². The quantitative estimate of drug-likeness (QED) is 0.911. The van der Waals surface area contributed by atoms with Crippen LogP contribution in [0.2, 0.25) is 0 Å². The summed E-state index contributed by atoms with van der Waals surface area (Å²) in [4.78, 5) is 25.5. The van der Waals surface area contributed by atoms with Crippen molar-refractivity contribution in [1.82, 2.24) is 4.90 Å². The molecule has 0 aromatic carbocycles. The van der Waals surface area contributed by atoms with Gasteiger partial charge in [0.15, 0.2) is 0 Å². The lowest BCUT2D eigenvalue weighted by Crippen LogP contribution is -2.40. The summed E-state index contributed by atoms with van der Waals surface area (Å²) in [6.45, 7) is 2.10. The van der Waals surface area contributed by atoms with Gasteiger partial charge in [-0.05, 0) is 37.7 Å². The highest BCUT2D eigenvalue weighted by molar-refractivity contribution is 5.93. The van der Waals surface area contributed by atoms with Crippen LogP contribution >= 0.6 is 0 Å². The number of nitrogens with two attached hydrogens (primary N) is 1. The average Bonchev–Trinajstić information content (AvgIpc) is 3.18. The lowest BCUT2D eigenvalue weighted by molar-refractivity contribution is -0.123. The lowest BCUT2D eigenvalue weighted by atomic mass is 9.86. The van der Waals surface area contributed by atoms with E-state index in [2.05, 4.69) is 0 Å². The van der Waals surface area contributed by atoms with Gasteiger partial charge in [0, 0.05) is 19.7 Å². The predicted octanol–water partition coefficient (Wildman–Crippen LogP) is 1.41. The largest absolute Gasteiger partial charge is 0.472 e. The van der Waals surface area contributed by atoms with E-state index in [1.54, 1.807) is 6.07 Å². The van der Waals surface area contributed by atoms with Crippen molar-refractivity contribution in [3.63, 3.8) is 0 Å². The zero-order valence-electron chi connectivity index (χ0n) is 12.6. The Morgan fingerprint density at radius 3 is 2.68 bits per heavy atom. The SMILES string of the molecule is NC(=O)[C@@H]1CCO[C@@H]1CC1CCN(C(=O)c2ccoc2)CC1. The molecule has 0 bridgehead atoms. The molecular weight excluding hydrogens is 284 g/mol. The van der Waals surface area contributed by atoms with Gasteiger partial charge in [-0.2, -0.15) is 0 Å². The first-order chi connectivity index (χ1) is 10.6. The van der Waals surface area contributed by atoms with Gasteiger partial charge in [-0.1, -0.05) is 0 Å². The van der Waals surface area contributed by atoms with Crippen LogP contribution in [0.1, 0.15) is 36.0 Å². The molecule has 0 spiro atoms. The molecule has 2 atom stereocenters. The zero-order valence-corrected chi connectivity index (χ0v) is 12.6. The molecule has 2 N–H and O–H groups in total. The Balaban J connectivity index is 1.50. The van der Waals surface area contributed by atoms with Crippen molar-refractivity contribution in [2.24, 2.45) is 17.6 Å². The van der Waals surface area contributed by atoms with Crippen molar-refractivity contribution in [2.45, 2.75) is 31.8 Å². The Hall–Kier alpha value is -1.82. The molecule has 1 aromatic heterocycles. The number of hydrogen-bond donors (Lipinski definition) is 1. The summed E-state index contributed by atoms with van der Waals surface area (Å²) in [6.07, 6.45) is 6.43. The van der Waals surface area contributed by atoms with Crippen molar-refractivity contribution in [1.29, 1.82) is 0 Å². The molecule has 2 saturated heterocycles. The number of piperidine rings is 1. The van der Waals surface area contributed by atoms with E-state index in [-0.39, 0.29) is 23.8 Å². The minimum atomic E-state index is -0.255. The van der Waals surface area contributed by atoms with Crippen molar-refractivity contribution in [2.75, 3.05) is 19.7 Å². The number of hydrogen-bond acceptors (Lipinski definition) is 4. The lowest BCUT2D eigenvalue weighted by Gasteiger charge is -2.33. The fourth-order valence-electron chi connectivity index (χ4n) is 3.48. The molecule has 0 aliphatic carbocycles. The molecule has 3 heterocycles. The van der Waals surface area contributed by atoms with Gasteiger partial charge in [-0.15, -0.1) is 0 Å². The van der Waals surface area contributed by atoms with Crippen LogP contribution in [-0.4, -0.2) is 42.5 Å². The number of carbonyl (C=O) groups is 2. The monoisotopic (exact) mass is 306 g/mol. The molecule has 0 radical (unpaired) electrons. The molecule has 6 nitrogen and oxygen atoms in total. The van der Waals surface area contributed by atoms with E-state index in [9.17, 15) is 9.59 Å². The van der Waals surface area contributed by atoms with E-state index in [0.29, 0.717) is 18.1 Å². The van der Waals surface area contributed by atoms with Crippen LogP contribution in [0.3, 0.4) is 0 Å². The Kier molecular flexibility index (Phi) is 4.47. The molecular formula is C16H22N2O4. The van der Waals surface area contributed by atoms with Crippen LogP contribution in [0.4, 0.5) is 0 Å². The average molecular weight is 306 g/mol. The minimum absolute atomic E-state index is 0.0272. The number of furan rings is 1. The molecule has 22 heavy (non-hydrogen) atoms. The van der Waals surface area contributed by atoms with Gasteiger partial charge in [-0.3, -0.25) is 9.59 Å². The molecule has 2 aliphatic heterocycles. The van der Waals surface area contributed by atoms with E-state index < -0.39 is 0 Å². The minimum Gasteiger partial charge on any atom is -0.472 e. The summed E-state index contributed by atoms with van der Waals surface area (Å²) in [6, 6.07) is 1.69. The normalized spacial score (nSPS) is 26.3. The van der Waals surface area contributed by atoms with E-state index >= 15 is 0 Å². The second kappa shape index (κ2) is 6.52. The molecule has 2 fully saturated rings. The Morgan fingerprint density at radius 1 is 1.27 bits per heavy atom. The Morgan fingerprint density at radius 2 is 2.05 bits per heavy atom. The molecule has 0 saturated carbocycles. The van der Waals surface area contributed by atoms with Crippen molar-refractivity contribution < 1.29 is 18.7 Å². The third kappa shape index (κ3) is 3.16. The fourth-order valence-corrected chi connectivity index (χ4v) is 3.48. The van der Waals surface area contributed by atoms with Crippen molar-refractivity contribution in [3.05, 3.63) is 24.2 Å². The maximum atomic E-state index is 12.2. The van der Waals surface area contributed by atoms with Gasteiger partial charge in [0.1, 0.15) is 6.26 Å². The number of amides is 2. The summed E-state index contributed by atoms with van der Waals surface area (Å²) in [5.74, 6) is 0.110. The van der Waals surface area contributed by atoms with Crippen molar-refractivity contribution >= 4 is 11.8 Å². The van der Waals surface area contributed by atoms with Gasteiger partial charge in [0.05, 0.1) is 23.8 Å². The highest BCUT2D eigenvalue weighted by Crippen LogP contribution is 2.31. The maximum Gasteiger partial charge on any atom is 0.257 e. The second-order valence-electron chi connectivity index (χ2n) is 6.19. The number of ether oxygens (including phenoxy) is 1. The zero-order chi connectivity index (χ0) is 15.5. The molecule has 2 aliphatic rings. The summed E-state index contributed by atoms with van der Waals surface area (Å²) < 4.78 is 10.6. The van der Waals surface area contributed by atoms with Crippen LogP contribution in [0.15, 0.2) is 23.0 Å². The highest BCUT2D eigenvalue weighted by atomic mass is 16.5. The maximum absolute atomic E-state index is 12.2. The summed E-state index contributed by atoms with van der Waals surface area (Å²) in [5, 5.41) is 0. The summed E-state index contributed by atoms with van der Waals surface area (Å²) in [7, 11) is 0. The molecule has 1 aromatic rings. The van der Waals surface area contributed by atoms with E-state index in [1.807, 2.05) is 4.90 Å². The van der Waals surface area contributed by atoms with Gasteiger partial charge in [0.2, 0.25) is 5.91 Å². The number of carbonyl (C=O) groups excluding carboxylic acids is 2. The molecule has 120 valence electrons. The first kappa shape index (κ1) is 15.1. The number of nitrogens with zero attached hydrogens (tertiary/aromatic N) is 1. The van der Waals surface area contributed by atoms with Gasteiger partial charge in [0.25, 0.3) is 5.91 Å². The topological polar surface area (TPSA) is 85.8 Å². The second-order valence-corrected chi connectivity index (χ2v) is 6.19. The first-order valence-corrected chi connectivity index (χ1v) is 7.87. The molecule has 2 amide bonds. The summed E-state index contributed by atoms with van der Waals surface area (Å²) in [5.41, 5.74) is 6.03. The standard InChI is InChI=1S/C16H22N2O4/c17-15(19)13-4-8-22-14(13)9-11-1-5-18(6-2-11)16(20)12-3-7-21-10-12/h3,7,10-11,13-14H,1-2,4-6,8-9H2,(H2,17,19)/t13-,14-/m1/s1. The Bertz CT molecular complexity index is 520. The van der Waals surface area contributed by atoms with Crippen LogP contribution in [0, 0.1) is 11.8 Å². The smallest absolute Gasteiger partial charge is 0.257 e. The number of likely N-dealkylation sites (tertiary alicyclic amines) is 1. The first-order valence-electron chi connectivity index (χ1n) is 7.87. The predicted molar refractivity (Wildman–Crippen MR) is 79.0 cm³/mol. The fraction of sp³-hybridized carbons (Fsp3) is 0.625. The third-order valence-electron chi connectivity index (χ3n) is 4.81. The molecule has 0 unspecified atom stereocenters. The van der Waals surface area contributed by atoms with Gasteiger partial charge < -0.3 is 19.8 Å². The molecule has 6 heteroatoms. The molecule has 3 rings (SSSR count). The number of rotatable bonds is 4. The number of primary amides is 1. The van der Waals surface area contributed by atoms with Gasteiger partial charge >= 0.3 is 0 Å². The van der Waals surface area contributed by atoms with E-state index in [0.717, 1.165) is 38.8 Å². The van der Waals surface area contributed by atoms with E-state index in [1.165, 1.54) is 12.5 Å². The summed E-state index contributed by atoms with van der Waals surface area (Å²) >= 11 is 0. The van der Waals surface area contributed by atoms with Crippen LogP contribution in [-0.2, 0) is 9.53 Å². The van der Waals surface area contributed by atoms with E-state index in [4.69, 9.17) is 14.9 Å². The van der Waals surface area contributed by atoms with Crippen molar-refractivity contribution in [3.8, 4) is 0 Å². The Labute approximate surface area is 129 Å². The highest BCUT2D eigenvalue weighted by Gasteiger charge is 2.35. The van der Waals surface area contributed by atoms with Crippen LogP contribution in [0.25, 0.3) is 0 Å². The van der Waals surface area contributed by atoms with Crippen LogP contribution in [0.5, 0.6) is 0 Å². The van der Waals surface area contributed by atoms with Crippen LogP contribution < -0.4 is 5.73 Å². The third-order valence-corrected chi connectivity index (χ3v) is 4.81.